The zero-order valence-corrected chi connectivity index (χ0v) is 5.96. The third-order valence-electron chi connectivity index (χ3n) is 1.81. The minimum absolute atomic E-state index is 0.851. The molecule has 0 aromatic rings. The Kier molecular flexibility index (Phi) is 1.40. The van der Waals surface area contributed by atoms with Gasteiger partial charge in [-0.15, -0.1) is 0 Å². The fourth-order valence-corrected chi connectivity index (χ4v) is 0.772. The summed E-state index contributed by atoms with van der Waals surface area (Å²) in [6.45, 7) is 1.63. The Labute approximate surface area is 59.1 Å². The molecule has 0 aromatic heterocycles. The summed E-state index contributed by atoms with van der Waals surface area (Å²) in [5.74, 6) is -0.851. The number of carboxylic acids is 1. The molecule has 10 heavy (non-hydrogen) atoms. The maximum atomic E-state index is 10.6. The van der Waals surface area contributed by atoms with Crippen molar-refractivity contribution in [2.24, 2.45) is 0 Å². The molecule has 0 amide bonds. The van der Waals surface area contributed by atoms with Crippen LogP contribution >= 0.6 is 0 Å². The minimum Gasteiger partial charge on any atom is -0.480 e. The van der Waals surface area contributed by atoms with Gasteiger partial charge in [0.1, 0.15) is 0 Å². The lowest BCUT2D eigenvalue weighted by molar-refractivity contribution is -0.146. The highest BCUT2D eigenvalue weighted by Gasteiger charge is 2.37. The molecule has 0 saturated heterocycles. The molecule has 1 rings (SSSR count). The number of rotatable bonds is 1. The maximum absolute atomic E-state index is 10.6. The second-order valence-corrected chi connectivity index (χ2v) is 2.47. The lowest BCUT2D eigenvalue weighted by Gasteiger charge is -2.25. The molecule has 0 bridgehead atoms. The topological polar surface area (TPSA) is 52.6 Å². The van der Waals surface area contributed by atoms with E-state index in [1.165, 1.54) is 5.01 Å². The van der Waals surface area contributed by atoms with E-state index >= 15 is 0 Å². The average molecular weight is 142 g/mol. The van der Waals surface area contributed by atoms with E-state index in [9.17, 15) is 4.79 Å². The average Bonchev–Trinajstić information content (AvgIpc) is 2.15. The molecule has 0 aromatic carbocycles. The first-order valence-corrected chi connectivity index (χ1v) is 2.98. The van der Waals surface area contributed by atoms with E-state index in [1.54, 1.807) is 26.2 Å². The summed E-state index contributed by atoms with van der Waals surface area (Å²) in [6, 6.07) is 0. The molecule has 1 heterocycles. The number of carbonyl (C=O) groups is 1. The Hall–Kier alpha value is -1.03. The molecule has 4 heteroatoms. The Morgan fingerprint density at radius 3 is 2.60 bits per heavy atom. The van der Waals surface area contributed by atoms with E-state index in [2.05, 4.69) is 5.43 Å². The first kappa shape index (κ1) is 7.08. The van der Waals surface area contributed by atoms with Crippen LogP contribution in [0.3, 0.4) is 0 Å². The van der Waals surface area contributed by atoms with Crippen molar-refractivity contribution < 1.29 is 9.90 Å². The Morgan fingerprint density at radius 1 is 1.80 bits per heavy atom. The second kappa shape index (κ2) is 1.98. The molecule has 1 unspecified atom stereocenters. The summed E-state index contributed by atoms with van der Waals surface area (Å²) in [6.07, 6.45) is 3.23. The number of nitrogens with zero attached hydrogens (tertiary/aromatic N) is 1. The van der Waals surface area contributed by atoms with Gasteiger partial charge in [0.05, 0.1) is 0 Å². The van der Waals surface area contributed by atoms with Gasteiger partial charge in [-0.25, -0.2) is 9.80 Å². The molecule has 1 aliphatic rings. The van der Waals surface area contributed by atoms with Crippen LogP contribution in [0.1, 0.15) is 6.92 Å². The molecule has 0 saturated carbocycles. The van der Waals surface area contributed by atoms with Crippen LogP contribution < -0.4 is 5.43 Å². The van der Waals surface area contributed by atoms with Crippen LogP contribution in [0.2, 0.25) is 0 Å². The van der Waals surface area contributed by atoms with Gasteiger partial charge in [0.15, 0.2) is 5.54 Å². The summed E-state index contributed by atoms with van der Waals surface area (Å²) in [7, 11) is 1.69. The van der Waals surface area contributed by atoms with Gasteiger partial charge in [0.2, 0.25) is 0 Å². The Bertz CT molecular complexity index is 190. The fourth-order valence-electron chi connectivity index (χ4n) is 0.772. The number of hydrogen-bond donors (Lipinski definition) is 2. The number of nitrogens with one attached hydrogen (secondary N) is 1. The molecule has 0 fully saturated rings. The minimum atomic E-state index is -0.889. The van der Waals surface area contributed by atoms with Crippen molar-refractivity contribution in [2.75, 3.05) is 7.05 Å². The molecule has 0 aliphatic carbocycles. The molecule has 0 radical (unpaired) electrons. The van der Waals surface area contributed by atoms with Crippen molar-refractivity contribution in [2.45, 2.75) is 12.5 Å². The van der Waals surface area contributed by atoms with Gasteiger partial charge in [-0.05, 0) is 13.0 Å². The first-order valence-electron chi connectivity index (χ1n) is 2.98. The SMILES string of the molecule is CN1NC=CC1(C)C(=O)O. The monoisotopic (exact) mass is 142 g/mol. The van der Waals surface area contributed by atoms with Crippen molar-refractivity contribution in [1.29, 1.82) is 0 Å². The predicted molar refractivity (Wildman–Crippen MR) is 36.1 cm³/mol. The number of hydrazine groups is 1. The highest BCUT2D eigenvalue weighted by molar-refractivity contribution is 5.81. The van der Waals surface area contributed by atoms with Crippen LogP contribution in [0.5, 0.6) is 0 Å². The lowest BCUT2D eigenvalue weighted by atomic mass is 10.0. The Morgan fingerprint density at radius 2 is 2.40 bits per heavy atom. The van der Waals surface area contributed by atoms with Crippen LogP contribution in [0, 0.1) is 0 Å². The largest absolute Gasteiger partial charge is 0.480 e. The third-order valence-corrected chi connectivity index (χ3v) is 1.81. The van der Waals surface area contributed by atoms with Crippen LogP contribution in [0.4, 0.5) is 0 Å². The van der Waals surface area contributed by atoms with Crippen molar-refractivity contribution in [3.8, 4) is 0 Å². The summed E-state index contributed by atoms with van der Waals surface area (Å²) >= 11 is 0. The molecule has 4 nitrogen and oxygen atoms in total. The zero-order valence-electron chi connectivity index (χ0n) is 5.96. The second-order valence-electron chi connectivity index (χ2n) is 2.47. The summed E-state index contributed by atoms with van der Waals surface area (Å²) in [4.78, 5) is 10.6. The lowest BCUT2D eigenvalue weighted by Crippen LogP contribution is -2.49. The molecular formula is C6H10N2O2. The van der Waals surface area contributed by atoms with Crippen molar-refractivity contribution in [3.63, 3.8) is 0 Å². The summed E-state index contributed by atoms with van der Waals surface area (Å²) in [5.41, 5.74) is 1.87. The van der Waals surface area contributed by atoms with E-state index in [4.69, 9.17) is 5.11 Å². The quantitative estimate of drug-likeness (QED) is 0.532. The zero-order chi connectivity index (χ0) is 7.78. The third kappa shape index (κ3) is 0.769. The van der Waals surface area contributed by atoms with Crippen LogP contribution in [-0.4, -0.2) is 28.7 Å². The van der Waals surface area contributed by atoms with Gasteiger partial charge < -0.3 is 10.5 Å². The predicted octanol–water partition coefficient (Wildman–Crippen LogP) is -0.207. The Balaban J connectivity index is 2.85. The molecule has 1 atom stereocenters. The van der Waals surface area contributed by atoms with Crippen LogP contribution in [0.25, 0.3) is 0 Å². The number of aliphatic carboxylic acids is 1. The number of likely N-dealkylation sites (N-methyl/N-ethyl adjacent to an activating group) is 1. The molecule has 56 valence electrons. The summed E-state index contributed by atoms with van der Waals surface area (Å²) < 4.78 is 0. The molecule has 0 spiro atoms. The van der Waals surface area contributed by atoms with Gasteiger partial charge in [-0.1, -0.05) is 0 Å². The van der Waals surface area contributed by atoms with Crippen molar-refractivity contribution in [3.05, 3.63) is 12.3 Å². The van der Waals surface area contributed by atoms with Crippen molar-refractivity contribution >= 4 is 5.97 Å². The molecule has 2 N–H and O–H groups in total. The number of hydrogen-bond acceptors (Lipinski definition) is 3. The van der Waals surface area contributed by atoms with Gasteiger partial charge in [0.25, 0.3) is 0 Å². The van der Waals surface area contributed by atoms with E-state index < -0.39 is 11.5 Å². The maximum Gasteiger partial charge on any atom is 0.329 e. The van der Waals surface area contributed by atoms with E-state index in [-0.39, 0.29) is 0 Å². The van der Waals surface area contributed by atoms with E-state index in [0.717, 1.165) is 0 Å². The van der Waals surface area contributed by atoms with Gasteiger partial charge in [0, 0.05) is 13.2 Å². The van der Waals surface area contributed by atoms with Gasteiger partial charge in [-0.2, -0.15) is 0 Å². The smallest absolute Gasteiger partial charge is 0.329 e. The first-order chi connectivity index (χ1) is 4.57. The number of carboxylic acid groups (broad SMARTS) is 1. The van der Waals surface area contributed by atoms with Crippen molar-refractivity contribution in [1.82, 2.24) is 10.4 Å². The van der Waals surface area contributed by atoms with E-state index in [1.807, 2.05) is 0 Å². The van der Waals surface area contributed by atoms with Crippen LogP contribution in [0.15, 0.2) is 12.3 Å². The highest BCUT2D eigenvalue weighted by atomic mass is 16.4. The fraction of sp³-hybridized carbons (Fsp3) is 0.500. The molecular weight excluding hydrogens is 132 g/mol. The van der Waals surface area contributed by atoms with E-state index in [0.29, 0.717) is 0 Å². The van der Waals surface area contributed by atoms with Crippen LogP contribution in [-0.2, 0) is 4.79 Å². The van der Waals surface area contributed by atoms with Gasteiger partial charge in [-0.3, -0.25) is 0 Å². The highest BCUT2D eigenvalue weighted by Crippen LogP contribution is 2.16. The molecule has 1 aliphatic heterocycles. The standard InChI is InChI=1S/C6H10N2O2/c1-6(5(9)10)3-4-7-8(6)2/h3-4,7H,1-2H3,(H,9,10). The van der Waals surface area contributed by atoms with Gasteiger partial charge >= 0.3 is 5.97 Å². The summed E-state index contributed by atoms with van der Waals surface area (Å²) in [5, 5.41) is 10.2. The normalized spacial score (nSPS) is 32.2.